The number of hydrogen-bond donors (Lipinski definition) is 4. The first-order chi connectivity index (χ1) is 9.74. The molecule has 2 aliphatic rings. The van der Waals surface area contributed by atoms with Crippen LogP contribution >= 0.6 is 12.4 Å². The molecular weight excluding hydrogens is 288 g/mol. The lowest BCUT2D eigenvalue weighted by molar-refractivity contribution is -0.122. The van der Waals surface area contributed by atoms with Crippen LogP contribution in [0.15, 0.2) is 30.3 Å². The Hall–Kier alpha value is -1.14. The minimum absolute atomic E-state index is 0. The molecule has 3 rings (SSSR count). The molecular formula is C15H23ClN4O. The van der Waals surface area contributed by atoms with E-state index in [0.29, 0.717) is 12.6 Å². The molecule has 21 heavy (non-hydrogen) atoms. The Morgan fingerprint density at radius 3 is 2.67 bits per heavy atom. The van der Waals surface area contributed by atoms with Crippen LogP contribution in [-0.2, 0) is 4.79 Å². The number of carbonyl (C=O) groups excluding carboxylic acids is 1. The maximum atomic E-state index is 12.1. The van der Waals surface area contributed by atoms with Crippen LogP contribution in [0.4, 0.5) is 0 Å². The molecule has 1 saturated heterocycles. The zero-order chi connectivity index (χ0) is 13.9. The highest BCUT2D eigenvalue weighted by Crippen LogP contribution is 2.35. The summed E-state index contributed by atoms with van der Waals surface area (Å²) in [7, 11) is 0. The Morgan fingerprint density at radius 1 is 1.29 bits per heavy atom. The van der Waals surface area contributed by atoms with Gasteiger partial charge in [0, 0.05) is 18.6 Å². The SMILES string of the molecule is Cl.NC(CNC(=O)C1CC(C2CC2)NN1)c1ccccc1. The number of nitrogens with two attached hydrogens (primary N) is 1. The van der Waals surface area contributed by atoms with Crippen LogP contribution in [0, 0.1) is 5.92 Å². The van der Waals surface area contributed by atoms with Crippen LogP contribution in [-0.4, -0.2) is 24.5 Å². The fourth-order valence-electron chi connectivity index (χ4n) is 2.71. The largest absolute Gasteiger partial charge is 0.353 e. The third-order valence-electron chi connectivity index (χ3n) is 4.16. The average Bonchev–Trinajstić information content (AvgIpc) is 3.22. The molecule has 1 aromatic rings. The first-order valence-electron chi connectivity index (χ1n) is 7.33. The Bertz CT molecular complexity index is 466. The van der Waals surface area contributed by atoms with Gasteiger partial charge in [-0.2, -0.15) is 0 Å². The summed E-state index contributed by atoms with van der Waals surface area (Å²) in [5, 5.41) is 2.94. The molecule has 3 unspecified atom stereocenters. The second-order valence-corrected chi connectivity index (χ2v) is 5.78. The van der Waals surface area contributed by atoms with E-state index in [-0.39, 0.29) is 30.4 Å². The Morgan fingerprint density at radius 2 is 2.00 bits per heavy atom. The lowest BCUT2D eigenvalue weighted by Crippen LogP contribution is -2.45. The van der Waals surface area contributed by atoms with E-state index in [1.165, 1.54) is 12.8 Å². The van der Waals surface area contributed by atoms with Gasteiger partial charge in [-0.15, -0.1) is 12.4 Å². The quantitative estimate of drug-likeness (QED) is 0.651. The van der Waals surface area contributed by atoms with E-state index in [0.717, 1.165) is 17.9 Å². The number of hydrogen-bond acceptors (Lipinski definition) is 4. The van der Waals surface area contributed by atoms with Gasteiger partial charge in [-0.05, 0) is 30.7 Å². The molecule has 0 spiro atoms. The van der Waals surface area contributed by atoms with Crippen LogP contribution in [0.2, 0.25) is 0 Å². The van der Waals surface area contributed by atoms with Crippen molar-refractivity contribution in [2.75, 3.05) is 6.54 Å². The molecule has 0 bridgehead atoms. The van der Waals surface area contributed by atoms with Crippen LogP contribution in [0.25, 0.3) is 0 Å². The molecule has 0 radical (unpaired) electrons. The minimum atomic E-state index is -0.159. The van der Waals surface area contributed by atoms with Crippen molar-refractivity contribution in [3.63, 3.8) is 0 Å². The summed E-state index contributed by atoms with van der Waals surface area (Å²) in [6, 6.07) is 10.00. The van der Waals surface area contributed by atoms with E-state index in [2.05, 4.69) is 16.2 Å². The molecule has 3 atom stereocenters. The highest BCUT2D eigenvalue weighted by Gasteiger charge is 2.38. The number of nitrogens with one attached hydrogen (secondary N) is 3. The number of benzene rings is 1. The van der Waals surface area contributed by atoms with Gasteiger partial charge in [-0.3, -0.25) is 10.2 Å². The van der Waals surface area contributed by atoms with Crippen LogP contribution in [0.5, 0.6) is 0 Å². The second-order valence-electron chi connectivity index (χ2n) is 5.78. The zero-order valence-corrected chi connectivity index (χ0v) is 12.7. The molecule has 1 amide bonds. The van der Waals surface area contributed by atoms with Crippen molar-refractivity contribution in [3.05, 3.63) is 35.9 Å². The van der Waals surface area contributed by atoms with Crippen molar-refractivity contribution in [1.82, 2.24) is 16.2 Å². The Balaban J connectivity index is 0.00000161. The Labute approximate surface area is 131 Å². The van der Waals surface area contributed by atoms with Crippen molar-refractivity contribution in [2.45, 2.75) is 37.4 Å². The lowest BCUT2D eigenvalue weighted by atomic mass is 10.1. The summed E-state index contributed by atoms with van der Waals surface area (Å²) in [5.41, 5.74) is 13.4. The summed E-state index contributed by atoms with van der Waals surface area (Å²) < 4.78 is 0. The number of amides is 1. The van der Waals surface area contributed by atoms with Gasteiger partial charge in [0.15, 0.2) is 0 Å². The minimum Gasteiger partial charge on any atom is -0.353 e. The standard InChI is InChI=1S/C15H22N4O.ClH/c16-12(10-4-2-1-3-5-10)9-17-15(20)14-8-13(18-19-14)11-6-7-11;/h1-5,11-14,18-19H,6-9,16H2,(H,17,20);1H. The van der Waals surface area contributed by atoms with Gasteiger partial charge in [0.25, 0.3) is 0 Å². The molecule has 6 heteroatoms. The highest BCUT2D eigenvalue weighted by atomic mass is 35.5. The Kier molecular flexibility index (Phi) is 5.58. The fourth-order valence-corrected chi connectivity index (χ4v) is 2.71. The second kappa shape index (κ2) is 7.22. The van der Waals surface area contributed by atoms with Gasteiger partial charge in [-0.25, -0.2) is 5.43 Å². The van der Waals surface area contributed by atoms with Crippen molar-refractivity contribution >= 4 is 18.3 Å². The number of hydrazine groups is 1. The van der Waals surface area contributed by atoms with E-state index in [9.17, 15) is 4.79 Å². The normalized spacial score (nSPS) is 26.0. The van der Waals surface area contributed by atoms with Crippen molar-refractivity contribution < 1.29 is 4.79 Å². The van der Waals surface area contributed by atoms with Gasteiger partial charge < -0.3 is 11.1 Å². The van der Waals surface area contributed by atoms with E-state index in [1.807, 2.05) is 30.3 Å². The van der Waals surface area contributed by atoms with Gasteiger partial charge >= 0.3 is 0 Å². The third kappa shape index (κ3) is 4.17. The van der Waals surface area contributed by atoms with Crippen molar-refractivity contribution in [2.24, 2.45) is 11.7 Å². The third-order valence-corrected chi connectivity index (χ3v) is 4.16. The summed E-state index contributed by atoms with van der Waals surface area (Å²) in [5.74, 6) is 0.791. The first kappa shape index (κ1) is 16.2. The van der Waals surface area contributed by atoms with E-state index in [4.69, 9.17) is 5.73 Å². The molecule has 5 nitrogen and oxygen atoms in total. The van der Waals surface area contributed by atoms with Crippen LogP contribution in [0.1, 0.15) is 30.9 Å². The summed E-state index contributed by atoms with van der Waals surface area (Å²) in [6.45, 7) is 0.467. The summed E-state index contributed by atoms with van der Waals surface area (Å²) >= 11 is 0. The molecule has 116 valence electrons. The van der Waals surface area contributed by atoms with E-state index in [1.54, 1.807) is 0 Å². The molecule has 2 fully saturated rings. The van der Waals surface area contributed by atoms with Crippen molar-refractivity contribution in [3.8, 4) is 0 Å². The molecule has 1 aliphatic heterocycles. The topological polar surface area (TPSA) is 79.2 Å². The summed E-state index contributed by atoms with van der Waals surface area (Å²) in [4.78, 5) is 12.1. The molecule has 1 saturated carbocycles. The first-order valence-corrected chi connectivity index (χ1v) is 7.33. The van der Waals surface area contributed by atoms with Crippen LogP contribution < -0.4 is 21.9 Å². The molecule has 0 aromatic heterocycles. The van der Waals surface area contributed by atoms with Crippen molar-refractivity contribution in [1.29, 1.82) is 0 Å². The van der Waals surface area contributed by atoms with E-state index >= 15 is 0 Å². The zero-order valence-electron chi connectivity index (χ0n) is 11.9. The predicted octanol–water partition coefficient (Wildman–Crippen LogP) is 0.870. The number of carbonyl (C=O) groups is 1. The van der Waals surface area contributed by atoms with Gasteiger partial charge in [-0.1, -0.05) is 30.3 Å². The number of rotatable bonds is 5. The number of halogens is 1. The molecule has 1 aliphatic carbocycles. The fraction of sp³-hybridized carbons (Fsp3) is 0.533. The maximum Gasteiger partial charge on any atom is 0.238 e. The van der Waals surface area contributed by atoms with Gasteiger partial charge in [0.1, 0.15) is 6.04 Å². The lowest BCUT2D eigenvalue weighted by Gasteiger charge is -2.15. The maximum absolute atomic E-state index is 12.1. The average molecular weight is 311 g/mol. The predicted molar refractivity (Wildman–Crippen MR) is 84.8 cm³/mol. The van der Waals surface area contributed by atoms with Crippen LogP contribution in [0.3, 0.4) is 0 Å². The molecule has 1 aromatic carbocycles. The van der Waals surface area contributed by atoms with E-state index < -0.39 is 0 Å². The smallest absolute Gasteiger partial charge is 0.238 e. The monoisotopic (exact) mass is 310 g/mol. The highest BCUT2D eigenvalue weighted by molar-refractivity contribution is 5.85. The molecule has 1 heterocycles. The summed E-state index contributed by atoms with van der Waals surface area (Å²) in [6.07, 6.45) is 3.44. The van der Waals surface area contributed by atoms with Gasteiger partial charge in [0.2, 0.25) is 5.91 Å². The van der Waals surface area contributed by atoms with Gasteiger partial charge in [0.05, 0.1) is 0 Å². The molecule has 5 N–H and O–H groups in total.